The SMILES string of the molecule is CC1CCCN(S(=O)(=O)c2cc(C(=O)NC(C)c3ccccc3)ccc2Cl)C1. The van der Waals surface area contributed by atoms with Crippen LogP contribution in [0.15, 0.2) is 53.4 Å². The van der Waals surface area contributed by atoms with Gasteiger partial charge in [-0.15, -0.1) is 0 Å². The van der Waals surface area contributed by atoms with Crippen molar-refractivity contribution in [3.05, 3.63) is 64.7 Å². The number of carbonyl (C=O) groups excluding carboxylic acids is 1. The lowest BCUT2D eigenvalue weighted by molar-refractivity contribution is 0.0939. The van der Waals surface area contributed by atoms with Crippen molar-refractivity contribution in [2.75, 3.05) is 13.1 Å². The average molecular weight is 421 g/mol. The molecule has 150 valence electrons. The minimum absolute atomic E-state index is 0.0109. The Morgan fingerprint density at radius 1 is 1.21 bits per heavy atom. The molecule has 1 N–H and O–H groups in total. The Balaban J connectivity index is 1.83. The van der Waals surface area contributed by atoms with E-state index in [4.69, 9.17) is 11.6 Å². The summed E-state index contributed by atoms with van der Waals surface area (Å²) in [5, 5.41) is 3.04. The maximum Gasteiger partial charge on any atom is 0.251 e. The molecule has 0 aromatic heterocycles. The minimum atomic E-state index is -3.74. The van der Waals surface area contributed by atoms with Gasteiger partial charge in [-0.05, 0) is 49.4 Å². The number of carbonyl (C=O) groups is 1. The molecule has 2 aromatic carbocycles. The van der Waals surface area contributed by atoms with E-state index in [9.17, 15) is 13.2 Å². The molecule has 2 unspecified atom stereocenters. The molecule has 2 atom stereocenters. The zero-order valence-electron chi connectivity index (χ0n) is 16.1. The Labute approximate surface area is 171 Å². The molecule has 1 amide bonds. The van der Waals surface area contributed by atoms with Gasteiger partial charge in [0.05, 0.1) is 11.1 Å². The number of nitrogens with one attached hydrogen (secondary N) is 1. The molecule has 1 saturated heterocycles. The molecule has 0 spiro atoms. The molecule has 1 aliphatic heterocycles. The van der Waals surface area contributed by atoms with E-state index in [0.717, 1.165) is 18.4 Å². The van der Waals surface area contributed by atoms with Crippen LogP contribution < -0.4 is 5.32 Å². The number of piperidine rings is 1. The van der Waals surface area contributed by atoms with Gasteiger partial charge in [-0.3, -0.25) is 4.79 Å². The molecule has 1 heterocycles. The molecule has 1 fully saturated rings. The van der Waals surface area contributed by atoms with Crippen LogP contribution >= 0.6 is 11.6 Å². The number of nitrogens with zero attached hydrogens (tertiary/aromatic N) is 1. The Morgan fingerprint density at radius 3 is 2.61 bits per heavy atom. The van der Waals surface area contributed by atoms with E-state index in [1.54, 1.807) is 6.07 Å². The fourth-order valence-corrected chi connectivity index (χ4v) is 5.55. The van der Waals surface area contributed by atoms with Crippen molar-refractivity contribution in [2.45, 2.75) is 37.6 Å². The van der Waals surface area contributed by atoms with E-state index >= 15 is 0 Å². The fraction of sp³-hybridized carbons (Fsp3) is 0.381. The first-order valence-electron chi connectivity index (χ1n) is 9.44. The highest BCUT2D eigenvalue weighted by atomic mass is 35.5. The maximum absolute atomic E-state index is 13.1. The van der Waals surface area contributed by atoms with Gasteiger partial charge >= 0.3 is 0 Å². The molecule has 0 aliphatic carbocycles. The second-order valence-corrected chi connectivity index (χ2v) is 9.68. The van der Waals surface area contributed by atoms with Crippen LogP contribution in [0.2, 0.25) is 5.02 Å². The van der Waals surface area contributed by atoms with Crippen LogP contribution in [0.1, 0.15) is 48.7 Å². The fourth-order valence-electron chi connectivity index (χ4n) is 3.45. The summed E-state index contributed by atoms with van der Waals surface area (Å²) in [5.74, 6) is -0.0306. The molecule has 1 aliphatic rings. The van der Waals surface area contributed by atoms with Crippen molar-refractivity contribution >= 4 is 27.5 Å². The second kappa shape index (κ2) is 8.64. The first kappa shape index (κ1) is 20.8. The predicted molar refractivity (Wildman–Crippen MR) is 111 cm³/mol. The zero-order chi connectivity index (χ0) is 20.3. The molecular weight excluding hydrogens is 396 g/mol. The van der Waals surface area contributed by atoms with Gasteiger partial charge in [0.25, 0.3) is 5.91 Å². The Bertz CT molecular complexity index is 947. The molecule has 2 aromatic rings. The Kier molecular flexibility index (Phi) is 6.43. The van der Waals surface area contributed by atoms with Crippen LogP contribution in [-0.2, 0) is 10.0 Å². The highest BCUT2D eigenvalue weighted by molar-refractivity contribution is 7.89. The van der Waals surface area contributed by atoms with Crippen LogP contribution in [0, 0.1) is 5.92 Å². The van der Waals surface area contributed by atoms with E-state index in [2.05, 4.69) is 5.32 Å². The summed E-state index contributed by atoms with van der Waals surface area (Å²) in [7, 11) is -3.74. The van der Waals surface area contributed by atoms with Gasteiger partial charge in [0, 0.05) is 18.7 Å². The van der Waals surface area contributed by atoms with Crippen LogP contribution in [0.25, 0.3) is 0 Å². The Morgan fingerprint density at radius 2 is 1.93 bits per heavy atom. The number of benzene rings is 2. The normalized spacial score (nSPS) is 19.2. The third kappa shape index (κ3) is 4.57. The quantitative estimate of drug-likeness (QED) is 0.786. The Hall–Kier alpha value is -1.89. The zero-order valence-corrected chi connectivity index (χ0v) is 17.6. The number of hydrogen-bond donors (Lipinski definition) is 1. The largest absolute Gasteiger partial charge is 0.346 e. The summed E-state index contributed by atoms with van der Waals surface area (Å²) in [5.41, 5.74) is 1.25. The summed E-state index contributed by atoms with van der Waals surface area (Å²) in [4.78, 5) is 12.7. The van der Waals surface area contributed by atoms with Gasteiger partial charge < -0.3 is 5.32 Å². The van der Waals surface area contributed by atoms with Crippen LogP contribution in [-0.4, -0.2) is 31.7 Å². The topological polar surface area (TPSA) is 66.5 Å². The van der Waals surface area contributed by atoms with Gasteiger partial charge in [-0.25, -0.2) is 8.42 Å². The molecule has 3 rings (SSSR count). The average Bonchev–Trinajstić information content (AvgIpc) is 2.68. The van der Waals surface area contributed by atoms with E-state index < -0.39 is 10.0 Å². The number of halogens is 1. The lowest BCUT2D eigenvalue weighted by Gasteiger charge is -2.30. The van der Waals surface area contributed by atoms with Crippen molar-refractivity contribution < 1.29 is 13.2 Å². The number of rotatable bonds is 5. The molecule has 0 saturated carbocycles. The third-order valence-electron chi connectivity index (χ3n) is 5.08. The maximum atomic E-state index is 13.1. The van der Waals surface area contributed by atoms with Crippen molar-refractivity contribution in [2.24, 2.45) is 5.92 Å². The molecule has 28 heavy (non-hydrogen) atoms. The van der Waals surface area contributed by atoms with Gasteiger partial charge in [-0.2, -0.15) is 4.31 Å². The van der Waals surface area contributed by atoms with E-state index in [1.807, 2.05) is 44.2 Å². The first-order valence-corrected chi connectivity index (χ1v) is 11.3. The smallest absolute Gasteiger partial charge is 0.251 e. The molecular formula is C21H25ClN2O3S. The standard InChI is InChI=1S/C21H25ClN2O3S/c1-15-7-6-12-24(14-15)28(26,27)20-13-18(10-11-19(20)22)21(25)23-16(2)17-8-4-3-5-9-17/h3-5,8-11,13,15-16H,6-7,12,14H2,1-2H3,(H,23,25). The van der Waals surface area contributed by atoms with Gasteiger partial charge in [0.1, 0.15) is 4.90 Å². The van der Waals surface area contributed by atoms with Crippen molar-refractivity contribution in [3.63, 3.8) is 0 Å². The molecule has 0 radical (unpaired) electrons. The minimum Gasteiger partial charge on any atom is -0.346 e. The summed E-state index contributed by atoms with van der Waals surface area (Å²) < 4.78 is 27.6. The molecule has 0 bridgehead atoms. The monoisotopic (exact) mass is 420 g/mol. The molecule has 5 nitrogen and oxygen atoms in total. The van der Waals surface area contributed by atoms with Gasteiger partial charge in [-0.1, -0.05) is 48.9 Å². The van der Waals surface area contributed by atoms with Crippen molar-refractivity contribution in [1.29, 1.82) is 0 Å². The number of hydrogen-bond acceptors (Lipinski definition) is 3. The number of amides is 1. The van der Waals surface area contributed by atoms with E-state index in [1.165, 1.54) is 16.4 Å². The van der Waals surface area contributed by atoms with Crippen molar-refractivity contribution in [3.8, 4) is 0 Å². The van der Waals surface area contributed by atoms with Gasteiger partial charge in [0.15, 0.2) is 0 Å². The first-order chi connectivity index (χ1) is 13.3. The summed E-state index contributed by atoms with van der Waals surface area (Å²) in [6.45, 7) is 4.87. The third-order valence-corrected chi connectivity index (χ3v) is 7.42. The molecule has 7 heteroatoms. The highest BCUT2D eigenvalue weighted by Crippen LogP contribution is 2.29. The van der Waals surface area contributed by atoms with Crippen LogP contribution in [0.4, 0.5) is 0 Å². The summed E-state index contributed by atoms with van der Waals surface area (Å²) in [6, 6.07) is 13.8. The van der Waals surface area contributed by atoms with Crippen LogP contribution in [0.5, 0.6) is 0 Å². The number of sulfonamides is 1. The van der Waals surface area contributed by atoms with E-state index in [0.29, 0.717) is 19.0 Å². The highest BCUT2D eigenvalue weighted by Gasteiger charge is 2.31. The summed E-state index contributed by atoms with van der Waals surface area (Å²) in [6.07, 6.45) is 1.84. The van der Waals surface area contributed by atoms with E-state index in [-0.39, 0.29) is 27.4 Å². The van der Waals surface area contributed by atoms with Gasteiger partial charge in [0.2, 0.25) is 10.0 Å². The summed E-state index contributed by atoms with van der Waals surface area (Å²) >= 11 is 6.21. The lowest BCUT2D eigenvalue weighted by atomic mass is 10.0. The second-order valence-electron chi connectivity index (χ2n) is 7.36. The predicted octanol–water partition coefficient (Wildman–Crippen LogP) is 4.25. The lowest BCUT2D eigenvalue weighted by Crippen LogP contribution is -2.39. The van der Waals surface area contributed by atoms with Crippen molar-refractivity contribution in [1.82, 2.24) is 9.62 Å². The van der Waals surface area contributed by atoms with Crippen LogP contribution in [0.3, 0.4) is 0 Å².